The summed E-state index contributed by atoms with van der Waals surface area (Å²) in [7, 11) is 3.02. The van der Waals surface area contributed by atoms with E-state index < -0.39 is 5.97 Å². The van der Waals surface area contributed by atoms with E-state index in [2.05, 4.69) is 10.6 Å². The topological polar surface area (TPSA) is 132 Å². The molecule has 1 saturated heterocycles. The highest BCUT2D eigenvalue weighted by atomic mass is 35.5. The van der Waals surface area contributed by atoms with E-state index in [0.717, 1.165) is 0 Å². The number of hydrogen-bond donors (Lipinski definition) is 3. The van der Waals surface area contributed by atoms with Crippen molar-refractivity contribution >= 4 is 40.8 Å². The van der Waals surface area contributed by atoms with Gasteiger partial charge >= 0.3 is 5.97 Å². The molecule has 188 valence electrons. The number of carbonyl (C=O) groups is 3. The number of hydrogen-bond acceptors (Lipinski definition) is 8. The Morgan fingerprint density at radius 3 is 2.51 bits per heavy atom. The normalized spacial score (nSPS) is 17.9. The van der Waals surface area contributed by atoms with Gasteiger partial charge in [-0.05, 0) is 36.8 Å². The van der Waals surface area contributed by atoms with Crippen molar-refractivity contribution in [3.63, 3.8) is 0 Å². The molecule has 3 rings (SSSR count). The van der Waals surface area contributed by atoms with Crippen LogP contribution >= 0.6 is 11.6 Å². The van der Waals surface area contributed by atoms with Gasteiger partial charge in [-0.3, -0.25) is 19.3 Å². The first-order chi connectivity index (χ1) is 16.7. The number of benzene rings is 2. The van der Waals surface area contributed by atoms with E-state index in [1.807, 2.05) is 4.90 Å². The average molecular weight is 505 g/mol. The molecule has 2 amide bonds. The molecule has 0 spiro atoms. The number of nitrogen functional groups attached to an aromatic ring is 1. The molecule has 0 bridgehead atoms. The van der Waals surface area contributed by atoms with Gasteiger partial charge in [-0.1, -0.05) is 11.6 Å². The second-order valence-electron chi connectivity index (χ2n) is 8.12. The van der Waals surface area contributed by atoms with E-state index in [9.17, 15) is 14.4 Å². The summed E-state index contributed by atoms with van der Waals surface area (Å²) in [5.74, 6) is -0.219. The average Bonchev–Trinajstić information content (AvgIpc) is 2.82. The Kier molecular flexibility index (Phi) is 8.91. The van der Waals surface area contributed by atoms with Gasteiger partial charge in [0.2, 0.25) is 5.91 Å². The van der Waals surface area contributed by atoms with Crippen LogP contribution in [0.1, 0.15) is 23.7 Å². The predicted octanol–water partition coefficient (Wildman–Crippen LogP) is 2.31. The first-order valence-corrected chi connectivity index (χ1v) is 11.3. The first kappa shape index (κ1) is 26.3. The maximum absolute atomic E-state index is 12.9. The number of rotatable bonds is 8. The van der Waals surface area contributed by atoms with Gasteiger partial charge in [0.25, 0.3) is 5.91 Å². The number of carbonyl (C=O) groups excluding carboxylic acids is 3. The van der Waals surface area contributed by atoms with Gasteiger partial charge in [-0.25, -0.2) is 0 Å². The highest BCUT2D eigenvalue weighted by Crippen LogP contribution is 2.29. The van der Waals surface area contributed by atoms with Crippen molar-refractivity contribution in [2.75, 3.05) is 44.9 Å². The fourth-order valence-electron chi connectivity index (χ4n) is 3.87. The highest BCUT2D eigenvalue weighted by Gasteiger charge is 2.32. The number of piperidine rings is 1. The number of anilines is 2. The number of ether oxygens (including phenoxy) is 3. The van der Waals surface area contributed by atoms with Crippen molar-refractivity contribution in [1.29, 1.82) is 0 Å². The summed E-state index contributed by atoms with van der Waals surface area (Å²) in [6, 6.07) is 9.26. The Morgan fingerprint density at radius 2 is 1.89 bits per heavy atom. The summed E-state index contributed by atoms with van der Waals surface area (Å²) in [4.78, 5) is 38.4. The Hall–Kier alpha value is -3.34. The molecule has 2 aromatic carbocycles. The van der Waals surface area contributed by atoms with Gasteiger partial charge in [0.1, 0.15) is 11.5 Å². The lowest BCUT2D eigenvalue weighted by molar-refractivity contribution is -0.131. The monoisotopic (exact) mass is 504 g/mol. The number of nitrogens with zero attached hydrogens (tertiary/aromatic N) is 1. The maximum atomic E-state index is 12.9. The lowest BCUT2D eigenvalue weighted by Gasteiger charge is -2.37. The van der Waals surface area contributed by atoms with Crippen LogP contribution in [0, 0.1) is 0 Å². The molecule has 2 aromatic rings. The van der Waals surface area contributed by atoms with Crippen molar-refractivity contribution in [2.24, 2.45) is 0 Å². The van der Waals surface area contributed by atoms with Gasteiger partial charge in [-0.2, -0.15) is 0 Å². The zero-order valence-electron chi connectivity index (χ0n) is 19.8. The third-order valence-corrected chi connectivity index (χ3v) is 5.92. The van der Waals surface area contributed by atoms with E-state index >= 15 is 0 Å². The van der Waals surface area contributed by atoms with E-state index in [4.69, 9.17) is 31.5 Å². The fourth-order valence-corrected chi connectivity index (χ4v) is 4.03. The van der Waals surface area contributed by atoms with Crippen molar-refractivity contribution < 1.29 is 28.6 Å². The highest BCUT2D eigenvalue weighted by molar-refractivity contribution is 6.33. The SMILES string of the molecule is COc1cc(N)c(Cl)cc1C(=O)NC1CCN(CC(=O)Nc2ccc(OC(C)=O)cc2)CC1OC. The van der Waals surface area contributed by atoms with Gasteiger partial charge < -0.3 is 30.6 Å². The number of esters is 1. The second-order valence-corrected chi connectivity index (χ2v) is 8.53. The first-order valence-electron chi connectivity index (χ1n) is 11.0. The summed E-state index contributed by atoms with van der Waals surface area (Å²) in [5.41, 5.74) is 6.99. The summed E-state index contributed by atoms with van der Waals surface area (Å²) in [6.45, 7) is 2.53. The van der Waals surface area contributed by atoms with Gasteiger partial charge in [0.05, 0.1) is 42.1 Å². The van der Waals surface area contributed by atoms with Crippen LogP contribution < -0.4 is 25.8 Å². The van der Waals surface area contributed by atoms with Crippen LogP contribution in [0.5, 0.6) is 11.5 Å². The minimum Gasteiger partial charge on any atom is -0.496 e. The van der Waals surface area contributed by atoms with Crippen LogP contribution in [0.25, 0.3) is 0 Å². The zero-order valence-corrected chi connectivity index (χ0v) is 20.6. The van der Waals surface area contributed by atoms with Crippen LogP contribution in [-0.2, 0) is 14.3 Å². The van der Waals surface area contributed by atoms with Crippen LogP contribution in [0.3, 0.4) is 0 Å². The number of nitrogens with one attached hydrogen (secondary N) is 2. The lowest BCUT2D eigenvalue weighted by atomic mass is 10.0. The molecule has 1 aliphatic heterocycles. The van der Waals surface area contributed by atoms with E-state index in [0.29, 0.717) is 42.4 Å². The smallest absolute Gasteiger partial charge is 0.308 e. The predicted molar refractivity (Wildman–Crippen MR) is 132 cm³/mol. The lowest BCUT2D eigenvalue weighted by Crippen LogP contribution is -2.55. The molecule has 1 heterocycles. The molecule has 35 heavy (non-hydrogen) atoms. The van der Waals surface area contributed by atoms with E-state index in [1.54, 1.807) is 31.4 Å². The number of methoxy groups -OCH3 is 2. The number of nitrogens with two attached hydrogens (primary N) is 1. The molecule has 0 aliphatic carbocycles. The molecule has 1 fully saturated rings. The van der Waals surface area contributed by atoms with Gasteiger partial charge in [0.15, 0.2) is 0 Å². The van der Waals surface area contributed by atoms with Crippen molar-refractivity contribution in [3.8, 4) is 11.5 Å². The maximum Gasteiger partial charge on any atom is 0.308 e. The third kappa shape index (κ3) is 7.08. The minimum absolute atomic E-state index is 0.160. The van der Waals surface area contributed by atoms with Crippen LogP contribution in [0.4, 0.5) is 11.4 Å². The molecule has 1 aliphatic rings. The Bertz CT molecular complexity index is 1080. The van der Waals surface area contributed by atoms with E-state index in [-0.39, 0.29) is 41.1 Å². The summed E-state index contributed by atoms with van der Waals surface area (Å²) < 4.78 is 15.9. The van der Waals surface area contributed by atoms with Crippen LogP contribution in [-0.4, -0.2) is 68.7 Å². The largest absolute Gasteiger partial charge is 0.496 e. The van der Waals surface area contributed by atoms with E-state index in [1.165, 1.54) is 26.2 Å². The zero-order chi connectivity index (χ0) is 25.5. The van der Waals surface area contributed by atoms with Gasteiger partial charge in [-0.15, -0.1) is 0 Å². The van der Waals surface area contributed by atoms with Crippen molar-refractivity contribution in [2.45, 2.75) is 25.5 Å². The molecular weight excluding hydrogens is 476 g/mol. The second kappa shape index (κ2) is 11.9. The summed E-state index contributed by atoms with van der Waals surface area (Å²) in [5, 5.41) is 6.07. The number of halogens is 1. The van der Waals surface area contributed by atoms with Crippen molar-refractivity contribution in [3.05, 3.63) is 47.0 Å². The fraction of sp³-hybridized carbons (Fsp3) is 0.375. The standard InChI is InChI=1S/C24H29ClN4O6/c1-14(30)35-16-6-4-15(5-7-16)27-23(31)13-29-9-8-20(22(12-29)34-3)28-24(32)17-10-18(25)19(26)11-21(17)33-2/h4-7,10-11,20,22H,8-9,12-13,26H2,1-3H3,(H,27,31)(H,28,32). The molecule has 2 unspecified atom stereocenters. The summed E-state index contributed by atoms with van der Waals surface area (Å²) in [6.07, 6.45) is 0.262. The summed E-state index contributed by atoms with van der Waals surface area (Å²) >= 11 is 6.09. The third-order valence-electron chi connectivity index (χ3n) is 5.59. The van der Waals surface area contributed by atoms with Gasteiger partial charge in [0, 0.05) is 38.9 Å². The number of likely N-dealkylation sites (tertiary alicyclic amines) is 1. The van der Waals surface area contributed by atoms with Crippen molar-refractivity contribution in [1.82, 2.24) is 10.2 Å². The molecule has 0 aromatic heterocycles. The molecule has 10 nitrogen and oxygen atoms in total. The Labute approximate surface area is 208 Å². The number of amides is 2. The van der Waals surface area contributed by atoms with Crippen LogP contribution in [0.2, 0.25) is 5.02 Å². The van der Waals surface area contributed by atoms with Crippen LogP contribution in [0.15, 0.2) is 36.4 Å². The molecule has 4 N–H and O–H groups in total. The Morgan fingerprint density at radius 1 is 1.17 bits per heavy atom. The quantitative estimate of drug-likeness (QED) is 0.283. The Balaban J connectivity index is 1.55. The minimum atomic E-state index is -0.412. The molecule has 0 radical (unpaired) electrons. The molecular formula is C24H29ClN4O6. The molecule has 2 atom stereocenters. The molecule has 0 saturated carbocycles. The molecule has 11 heteroatoms.